The van der Waals surface area contributed by atoms with Gasteiger partial charge in [-0.2, -0.15) is 5.10 Å². The molecule has 0 amide bonds. The topological polar surface area (TPSA) is 67.9 Å². The highest BCUT2D eigenvalue weighted by molar-refractivity contribution is 5.83. The van der Waals surface area contributed by atoms with Crippen LogP contribution in [0.5, 0.6) is 0 Å². The van der Waals surface area contributed by atoms with Crippen molar-refractivity contribution in [3.05, 3.63) is 11.6 Å². The maximum atomic E-state index is 11.8. The lowest BCUT2D eigenvalue weighted by Gasteiger charge is -2.36. The van der Waals surface area contributed by atoms with E-state index in [2.05, 4.69) is 15.2 Å². The van der Waals surface area contributed by atoms with Crippen molar-refractivity contribution in [2.75, 3.05) is 6.61 Å². The van der Waals surface area contributed by atoms with Gasteiger partial charge in [0.15, 0.2) is 5.82 Å². The normalized spacial score (nSPS) is 18.3. The molecular weight excluding hydrogens is 194 g/mol. The van der Waals surface area contributed by atoms with Gasteiger partial charge in [0, 0.05) is 0 Å². The lowest BCUT2D eigenvalue weighted by Crippen LogP contribution is -2.44. The van der Waals surface area contributed by atoms with Gasteiger partial charge < -0.3 is 4.74 Å². The molecule has 5 heteroatoms. The first-order valence-corrected chi connectivity index (χ1v) is 5.26. The number of carbonyl (C=O) groups excluding carboxylic acids is 1. The van der Waals surface area contributed by atoms with Gasteiger partial charge in [0.2, 0.25) is 0 Å². The van der Waals surface area contributed by atoms with E-state index in [-0.39, 0.29) is 5.97 Å². The largest absolute Gasteiger partial charge is 0.465 e. The minimum atomic E-state index is -0.569. The monoisotopic (exact) mass is 209 g/mol. The Labute approximate surface area is 88.2 Å². The van der Waals surface area contributed by atoms with Gasteiger partial charge in [0.25, 0.3) is 0 Å². The van der Waals surface area contributed by atoms with E-state index in [1.165, 1.54) is 0 Å². The summed E-state index contributed by atoms with van der Waals surface area (Å²) < 4.78 is 5.08. The van der Waals surface area contributed by atoms with Crippen molar-refractivity contribution in [3.63, 3.8) is 0 Å². The molecule has 1 N–H and O–H groups in total. The lowest BCUT2D eigenvalue weighted by atomic mass is 9.68. The number of nitrogens with zero attached hydrogens (tertiary/aromatic N) is 2. The summed E-state index contributed by atoms with van der Waals surface area (Å²) in [6, 6.07) is 0. The van der Waals surface area contributed by atoms with Crippen LogP contribution in [0.2, 0.25) is 0 Å². The van der Waals surface area contributed by atoms with Gasteiger partial charge in [-0.05, 0) is 26.7 Å². The SMILES string of the molecule is CCOC(=O)C1(c2n[nH]c(C)n2)CCC1. The molecule has 1 fully saturated rings. The third-order valence-electron chi connectivity index (χ3n) is 2.90. The van der Waals surface area contributed by atoms with Gasteiger partial charge in [-0.1, -0.05) is 6.42 Å². The van der Waals surface area contributed by atoms with Crippen LogP contribution in [0.4, 0.5) is 0 Å². The van der Waals surface area contributed by atoms with Crippen molar-refractivity contribution >= 4 is 5.97 Å². The van der Waals surface area contributed by atoms with Gasteiger partial charge >= 0.3 is 5.97 Å². The fourth-order valence-electron chi connectivity index (χ4n) is 1.88. The van der Waals surface area contributed by atoms with Crippen LogP contribution in [0.3, 0.4) is 0 Å². The molecule has 0 aliphatic heterocycles. The van der Waals surface area contributed by atoms with Crippen LogP contribution in [0.1, 0.15) is 37.8 Å². The molecule has 0 aromatic carbocycles. The Kier molecular flexibility index (Phi) is 2.46. The highest BCUT2D eigenvalue weighted by Crippen LogP contribution is 2.43. The van der Waals surface area contributed by atoms with Crippen molar-refractivity contribution in [1.82, 2.24) is 15.2 Å². The zero-order chi connectivity index (χ0) is 10.9. The van der Waals surface area contributed by atoms with E-state index in [1.54, 1.807) is 0 Å². The number of carbonyl (C=O) groups is 1. The zero-order valence-electron chi connectivity index (χ0n) is 9.04. The third kappa shape index (κ3) is 1.52. The van der Waals surface area contributed by atoms with E-state index >= 15 is 0 Å². The van der Waals surface area contributed by atoms with Gasteiger partial charge in [-0.25, -0.2) is 4.98 Å². The fraction of sp³-hybridized carbons (Fsp3) is 0.700. The highest BCUT2D eigenvalue weighted by Gasteiger charge is 2.50. The Morgan fingerprint density at radius 2 is 2.33 bits per heavy atom. The van der Waals surface area contributed by atoms with E-state index in [0.29, 0.717) is 12.4 Å². The standard InChI is InChI=1S/C10H15N3O2/c1-3-15-9(14)10(5-4-6-10)8-11-7(2)12-13-8/h3-6H2,1-2H3,(H,11,12,13). The summed E-state index contributed by atoms with van der Waals surface area (Å²) in [5.74, 6) is 1.14. The lowest BCUT2D eigenvalue weighted by molar-refractivity contribution is -0.154. The Balaban J connectivity index is 2.25. The minimum Gasteiger partial charge on any atom is -0.465 e. The molecule has 15 heavy (non-hydrogen) atoms. The molecule has 2 rings (SSSR count). The van der Waals surface area contributed by atoms with Crippen LogP contribution in [-0.2, 0) is 14.9 Å². The maximum absolute atomic E-state index is 11.8. The molecule has 1 aromatic rings. The molecule has 0 saturated heterocycles. The highest BCUT2D eigenvalue weighted by atomic mass is 16.5. The van der Waals surface area contributed by atoms with Crippen molar-refractivity contribution < 1.29 is 9.53 Å². The molecule has 1 aliphatic rings. The Morgan fingerprint density at radius 3 is 2.73 bits per heavy atom. The number of H-pyrrole nitrogens is 1. The number of hydrogen-bond acceptors (Lipinski definition) is 4. The summed E-state index contributed by atoms with van der Waals surface area (Å²) in [5.41, 5.74) is -0.569. The fourth-order valence-corrected chi connectivity index (χ4v) is 1.88. The second-order valence-electron chi connectivity index (χ2n) is 3.90. The van der Waals surface area contributed by atoms with Gasteiger partial charge in [-0.15, -0.1) is 0 Å². The molecule has 0 radical (unpaired) electrons. The van der Waals surface area contributed by atoms with E-state index < -0.39 is 5.41 Å². The van der Waals surface area contributed by atoms with E-state index in [1.807, 2.05) is 13.8 Å². The average molecular weight is 209 g/mol. The number of ether oxygens (including phenoxy) is 1. The van der Waals surface area contributed by atoms with Gasteiger partial charge in [-0.3, -0.25) is 9.89 Å². The number of nitrogens with one attached hydrogen (secondary N) is 1. The molecule has 5 nitrogen and oxygen atoms in total. The van der Waals surface area contributed by atoms with Crippen LogP contribution < -0.4 is 0 Å². The number of aromatic amines is 1. The second kappa shape index (κ2) is 3.64. The van der Waals surface area contributed by atoms with Crippen LogP contribution in [-0.4, -0.2) is 27.8 Å². The van der Waals surface area contributed by atoms with Crippen LogP contribution in [0.25, 0.3) is 0 Å². The molecule has 1 aliphatic carbocycles. The Hall–Kier alpha value is -1.39. The number of hydrogen-bond donors (Lipinski definition) is 1. The number of aromatic nitrogens is 3. The van der Waals surface area contributed by atoms with Crippen molar-refractivity contribution in [3.8, 4) is 0 Å². The van der Waals surface area contributed by atoms with Crippen molar-refractivity contribution in [2.24, 2.45) is 0 Å². The predicted octanol–water partition coefficient (Wildman–Crippen LogP) is 1.10. The molecule has 82 valence electrons. The zero-order valence-corrected chi connectivity index (χ0v) is 9.04. The second-order valence-corrected chi connectivity index (χ2v) is 3.90. The molecule has 1 aromatic heterocycles. The summed E-state index contributed by atoms with van der Waals surface area (Å²) in [7, 11) is 0. The van der Waals surface area contributed by atoms with Crippen LogP contribution >= 0.6 is 0 Å². The molecule has 0 bridgehead atoms. The molecule has 0 unspecified atom stereocenters. The van der Waals surface area contributed by atoms with E-state index in [0.717, 1.165) is 25.1 Å². The molecule has 0 atom stereocenters. The summed E-state index contributed by atoms with van der Waals surface area (Å²) in [6.07, 6.45) is 2.62. The summed E-state index contributed by atoms with van der Waals surface area (Å²) in [4.78, 5) is 16.1. The molecule has 1 heterocycles. The first-order chi connectivity index (χ1) is 7.19. The minimum absolute atomic E-state index is 0.185. The van der Waals surface area contributed by atoms with Crippen LogP contribution in [0.15, 0.2) is 0 Å². The first kappa shape index (κ1) is 10.1. The van der Waals surface area contributed by atoms with Crippen LogP contribution in [0, 0.1) is 6.92 Å². The Bertz CT molecular complexity index is 368. The number of esters is 1. The van der Waals surface area contributed by atoms with E-state index in [9.17, 15) is 4.79 Å². The van der Waals surface area contributed by atoms with E-state index in [4.69, 9.17) is 4.74 Å². The number of rotatable bonds is 3. The Morgan fingerprint density at radius 1 is 1.60 bits per heavy atom. The van der Waals surface area contributed by atoms with Gasteiger partial charge in [0.1, 0.15) is 11.2 Å². The third-order valence-corrected chi connectivity index (χ3v) is 2.90. The molecular formula is C10H15N3O2. The quantitative estimate of drug-likeness (QED) is 0.757. The van der Waals surface area contributed by atoms with Crippen molar-refractivity contribution in [2.45, 2.75) is 38.5 Å². The molecule has 1 saturated carbocycles. The van der Waals surface area contributed by atoms with Crippen molar-refractivity contribution in [1.29, 1.82) is 0 Å². The summed E-state index contributed by atoms with van der Waals surface area (Å²) >= 11 is 0. The smallest absolute Gasteiger partial charge is 0.319 e. The summed E-state index contributed by atoms with van der Waals surface area (Å²) in [5, 5.41) is 6.85. The predicted molar refractivity (Wildman–Crippen MR) is 53.3 cm³/mol. The average Bonchev–Trinajstić information content (AvgIpc) is 2.51. The maximum Gasteiger partial charge on any atom is 0.319 e. The summed E-state index contributed by atoms with van der Waals surface area (Å²) in [6.45, 7) is 4.05. The molecule has 0 spiro atoms. The number of aryl methyl sites for hydroxylation is 1. The first-order valence-electron chi connectivity index (χ1n) is 5.26. The van der Waals surface area contributed by atoms with Gasteiger partial charge in [0.05, 0.1) is 6.61 Å².